The van der Waals surface area contributed by atoms with Gasteiger partial charge in [0, 0.05) is 25.5 Å². The second kappa shape index (κ2) is 8.34. The quantitative estimate of drug-likeness (QED) is 0.823. The van der Waals surface area contributed by atoms with Crippen molar-refractivity contribution in [2.24, 2.45) is 0 Å². The van der Waals surface area contributed by atoms with E-state index in [-0.39, 0.29) is 0 Å². The van der Waals surface area contributed by atoms with Crippen LogP contribution in [-0.2, 0) is 6.54 Å². The minimum absolute atomic E-state index is 0.625. The van der Waals surface area contributed by atoms with E-state index in [4.69, 9.17) is 17.0 Å². The minimum atomic E-state index is 0.625. The van der Waals surface area contributed by atoms with Crippen molar-refractivity contribution in [3.63, 3.8) is 0 Å². The van der Waals surface area contributed by atoms with Crippen LogP contribution in [0.25, 0.3) is 0 Å². The van der Waals surface area contributed by atoms with Crippen LogP contribution >= 0.6 is 12.2 Å². The van der Waals surface area contributed by atoms with Gasteiger partial charge in [-0.1, -0.05) is 12.1 Å². The molecule has 22 heavy (non-hydrogen) atoms. The number of aromatic nitrogens is 1. The third-order valence-electron chi connectivity index (χ3n) is 3.22. The summed E-state index contributed by atoms with van der Waals surface area (Å²) in [6.45, 7) is 6.26. The Bertz CT molecular complexity index is 604. The summed E-state index contributed by atoms with van der Waals surface area (Å²) in [4.78, 5) is 6.14. The summed E-state index contributed by atoms with van der Waals surface area (Å²) < 4.78 is 5.62. The lowest BCUT2D eigenvalue weighted by Gasteiger charge is -2.25. The van der Waals surface area contributed by atoms with Crippen molar-refractivity contribution in [2.45, 2.75) is 20.4 Å². The van der Waals surface area contributed by atoms with Crippen LogP contribution in [0.15, 0.2) is 48.8 Å². The topological polar surface area (TPSA) is 37.4 Å². The number of para-hydroxylation sites is 2. The van der Waals surface area contributed by atoms with Crippen molar-refractivity contribution >= 4 is 23.0 Å². The molecule has 5 heteroatoms. The molecule has 2 rings (SSSR count). The Morgan fingerprint density at radius 2 is 1.91 bits per heavy atom. The molecule has 1 heterocycles. The maximum atomic E-state index is 5.62. The number of hydrogen-bond donors (Lipinski definition) is 1. The molecule has 4 nitrogen and oxygen atoms in total. The number of nitrogens with one attached hydrogen (secondary N) is 1. The number of pyridine rings is 1. The standard InChI is InChI=1S/C17H21N3OS/c1-3-20(13-14-9-11-18-12-10-14)17(22)19-15-7-5-6-8-16(15)21-4-2/h5-12H,3-4,13H2,1-2H3,(H,19,22). The van der Waals surface area contributed by atoms with Crippen LogP contribution < -0.4 is 10.1 Å². The largest absolute Gasteiger partial charge is 0.492 e. The molecule has 1 N–H and O–H groups in total. The van der Waals surface area contributed by atoms with E-state index in [1.807, 2.05) is 43.3 Å². The summed E-state index contributed by atoms with van der Waals surface area (Å²) in [6.07, 6.45) is 3.59. The molecular formula is C17H21N3OS. The molecule has 0 aliphatic heterocycles. The molecule has 0 aliphatic carbocycles. The van der Waals surface area contributed by atoms with Crippen LogP contribution in [-0.4, -0.2) is 28.1 Å². The number of benzene rings is 1. The van der Waals surface area contributed by atoms with Gasteiger partial charge in [0.15, 0.2) is 5.11 Å². The Labute approximate surface area is 137 Å². The second-order valence-electron chi connectivity index (χ2n) is 4.73. The first kappa shape index (κ1) is 16.2. The fourth-order valence-electron chi connectivity index (χ4n) is 2.08. The van der Waals surface area contributed by atoms with E-state index in [9.17, 15) is 0 Å². The molecule has 0 saturated heterocycles. The normalized spacial score (nSPS) is 10.1. The number of nitrogens with zero attached hydrogens (tertiary/aromatic N) is 2. The van der Waals surface area contributed by atoms with Crippen molar-refractivity contribution in [1.29, 1.82) is 0 Å². The monoisotopic (exact) mass is 315 g/mol. The maximum absolute atomic E-state index is 5.62. The second-order valence-corrected chi connectivity index (χ2v) is 5.12. The molecule has 0 saturated carbocycles. The lowest BCUT2D eigenvalue weighted by atomic mass is 10.2. The van der Waals surface area contributed by atoms with Gasteiger partial charge in [-0.05, 0) is 55.9 Å². The zero-order valence-electron chi connectivity index (χ0n) is 13.0. The van der Waals surface area contributed by atoms with Gasteiger partial charge < -0.3 is 15.0 Å². The van der Waals surface area contributed by atoms with Crippen LogP contribution in [0.3, 0.4) is 0 Å². The number of anilines is 1. The predicted molar refractivity (Wildman–Crippen MR) is 94.2 cm³/mol. The van der Waals surface area contributed by atoms with Gasteiger partial charge in [0.2, 0.25) is 0 Å². The minimum Gasteiger partial charge on any atom is -0.492 e. The highest BCUT2D eigenvalue weighted by Gasteiger charge is 2.11. The number of rotatable bonds is 6. The summed E-state index contributed by atoms with van der Waals surface area (Å²) in [5.74, 6) is 0.812. The summed E-state index contributed by atoms with van der Waals surface area (Å²) in [5.41, 5.74) is 2.07. The Kier molecular flexibility index (Phi) is 6.15. The molecule has 0 aliphatic rings. The SMILES string of the molecule is CCOc1ccccc1NC(=S)N(CC)Cc1ccncc1. The van der Waals surface area contributed by atoms with E-state index in [1.54, 1.807) is 12.4 Å². The molecule has 2 aromatic rings. The number of thiocarbonyl (C=S) groups is 1. The van der Waals surface area contributed by atoms with Crippen molar-refractivity contribution in [1.82, 2.24) is 9.88 Å². The fourth-order valence-corrected chi connectivity index (χ4v) is 2.38. The third-order valence-corrected chi connectivity index (χ3v) is 3.58. The summed E-state index contributed by atoms with van der Waals surface area (Å²) >= 11 is 5.54. The summed E-state index contributed by atoms with van der Waals surface area (Å²) in [7, 11) is 0. The lowest BCUT2D eigenvalue weighted by Crippen LogP contribution is -2.34. The van der Waals surface area contributed by atoms with E-state index in [0.29, 0.717) is 11.7 Å². The van der Waals surface area contributed by atoms with E-state index in [2.05, 4.69) is 22.1 Å². The highest BCUT2D eigenvalue weighted by atomic mass is 32.1. The predicted octanol–water partition coefficient (Wildman–Crippen LogP) is 3.70. The Morgan fingerprint density at radius 3 is 2.59 bits per heavy atom. The van der Waals surface area contributed by atoms with Gasteiger partial charge in [-0.25, -0.2) is 0 Å². The Balaban J connectivity index is 2.06. The fraction of sp³-hybridized carbons (Fsp3) is 0.294. The van der Waals surface area contributed by atoms with Crippen LogP contribution in [0, 0.1) is 0 Å². The lowest BCUT2D eigenvalue weighted by molar-refractivity contribution is 0.342. The zero-order valence-corrected chi connectivity index (χ0v) is 13.8. The average Bonchev–Trinajstić information content (AvgIpc) is 2.55. The van der Waals surface area contributed by atoms with Crippen molar-refractivity contribution in [3.8, 4) is 5.75 Å². The van der Waals surface area contributed by atoms with E-state index >= 15 is 0 Å². The van der Waals surface area contributed by atoms with E-state index in [0.717, 1.165) is 24.5 Å². The highest BCUT2D eigenvalue weighted by molar-refractivity contribution is 7.80. The first-order valence-electron chi connectivity index (χ1n) is 7.41. The Hall–Kier alpha value is -2.14. The molecule has 116 valence electrons. The molecule has 0 amide bonds. The number of ether oxygens (including phenoxy) is 1. The van der Waals surface area contributed by atoms with Crippen LogP contribution in [0.1, 0.15) is 19.4 Å². The molecule has 0 unspecified atom stereocenters. The van der Waals surface area contributed by atoms with E-state index < -0.39 is 0 Å². The van der Waals surface area contributed by atoms with Gasteiger partial charge in [-0.2, -0.15) is 0 Å². The molecule has 0 fully saturated rings. The van der Waals surface area contributed by atoms with Crippen molar-refractivity contribution < 1.29 is 4.74 Å². The third kappa shape index (κ3) is 4.43. The van der Waals surface area contributed by atoms with Crippen LogP contribution in [0.5, 0.6) is 5.75 Å². The first-order chi connectivity index (χ1) is 10.7. The van der Waals surface area contributed by atoms with Crippen LogP contribution in [0.4, 0.5) is 5.69 Å². The van der Waals surface area contributed by atoms with Gasteiger partial charge >= 0.3 is 0 Å². The number of hydrogen-bond acceptors (Lipinski definition) is 3. The Morgan fingerprint density at radius 1 is 1.18 bits per heavy atom. The maximum Gasteiger partial charge on any atom is 0.173 e. The van der Waals surface area contributed by atoms with Crippen molar-refractivity contribution in [2.75, 3.05) is 18.5 Å². The summed E-state index contributed by atoms with van der Waals surface area (Å²) in [5, 5.41) is 3.97. The highest BCUT2D eigenvalue weighted by Crippen LogP contribution is 2.24. The molecule has 0 atom stereocenters. The van der Waals surface area contributed by atoms with Gasteiger partial charge in [0.25, 0.3) is 0 Å². The molecule has 0 spiro atoms. The van der Waals surface area contributed by atoms with Gasteiger partial charge in [0.1, 0.15) is 5.75 Å². The molecule has 1 aromatic carbocycles. The first-order valence-corrected chi connectivity index (χ1v) is 7.82. The molecular weight excluding hydrogens is 294 g/mol. The van der Waals surface area contributed by atoms with Crippen molar-refractivity contribution in [3.05, 3.63) is 54.4 Å². The smallest absolute Gasteiger partial charge is 0.173 e. The van der Waals surface area contributed by atoms with E-state index in [1.165, 1.54) is 5.56 Å². The molecule has 0 radical (unpaired) electrons. The van der Waals surface area contributed by atoms with Gasteiger partial charge in [0.05, 0.1) is 12.3 Å². The average molecular weight is 315 g/mol. The zero-order chi connectivity index (χ0) is 15.8. The summed E-state index contributed by atoms with van der Waals surface area (Å²) in [6, 6.07) is 11.8. The van der Waals surface area contributed by atoms with Crippen LogP contribution in [0.2, 0.25) is 0 Å². The molecule has 1 aromatic heterocycles. The van der Waals surface area contributed by atoms with Gasteiger partial charge in [-0.3, -0.25) is 4.98 Å². The molecule has 0 bridgehead atoms. The van der Waals surface area contributed by atoms with Gasteiger partial charge in [-0.15, -0.1) is 0 Å².